The van der Waals surface area contributed by atoms with Gasteiger partial charge >= 0.3 is 0 Å². The normalized spacial score (nSPS) is 34.9. The van der Waals surface area contributed by atoms with Crippen LogP contribution in [0, 0.1) is 5.92 Å². The van der Waals surface area contributed by atoms with E-state index in [2.05, 4.69) is 5.32 Å². The van der Waals surface area contributed by atoms with Crippen molar-refractivity contribution >= 4 is 5.91 Å². The average molecular weight is 168 g/mol. The Balaban J connectivity index is 2.08. The predicted molar refractivity (Wildman–Crippen MR) is 46.8 cm³/mol. The fourth-order valence-corrected chi connectivity index (χ4v) is 2.46. The van der Waals surface area contributed by atoms with Crippen molar-refractivity contribution in [3.05, 3.63) is 0 Å². The molecule has 2 heterocycles. The van der Waals surface area contributed by atoms with Crippen LogP contribution in [0.15, 0.2) is 0 Å². The molecule has 2 rings (SSSR count). The predicted octanol–water partition coefficient (Wildman–Crippen LogP) is 0.217. The van der Waals surface area contributed by atoms with Crippen LogP contribution in [0.25, 0.3) is 0 Å². The van der Waals surface area contributed by atoms with Crippen LogP contribution in [0.5, 0.6) is 0 Å². The molecule has 0 radical (unpaired) electrons. The zero-order valence-corrected chi connectivity index (χ0v) is 7.55. The quantitative estimate of drug-likeness (QED) is 0.561. The number of hydrogen-bond acceptors (Lipinski definition) is 2. The molecule has 2 atom stereocenters. The first kappa shape index (κ1) is 8.05. The van der Waals surface area contributed by atoms with Crippen LogP contribution in [0.1, 0.15) is 19.8 Å². The highest BCUT2D eigenvalue weighted by atomic mass is 16.2. The highest BCUT2D eigenvalue weighted by molar-refractivity contribution is 5.73. The van der Waals surface area contributed by atoms with Gasteiger partial charge < -0.3 is 10.2 Å². The van der Waals surface area contributed by atoms with E-state index in [9.17, 15) is 4.79 Å². The second kappa shape index (κ2) is 3.05. The Bertz CT molecular complexity index is 193. The first-order chi connectivity index (χ1) is 5.79. The fraction of sp³-hybridized carbons (Fsp3) is 0.889. The minimum atomic E-state index is 0.244. The molecular formula is C9H16N2O. The maximum Gasteiger partial charge on any atom is 0.219 e. The highest BCUT2D eigenvalue weighted by Gasteiger charge is 2.35. The molecule has 0 bridgehead atoms. The molecule has 0 aromatic carbocycles. The van der Waals surface area contributed by atoms with E-state index < -0.39 is 0 Å². The SMILES string of the molecule is CC(=O)N1CCC[C@@H]2CNC[C@@H]21. The van der Waals surface area contributed by atoms with Gasteiger partial charge in [-0.2, -0.15) is 0 Å². The van der Waals surface area contributed by atoms with Crippen LogP contribution in [0.3, 0.4) is 0 Å². The fourth-order valence-electron chi connectivity index (χ4n) is 2.46. The molecule has 0 unspecified atom stereocenters. The molecule has 0 aliphatic carbocycles. The van der Waals surface area contributed by atoms with Crippen molar-refractivity contribution in [3.63, 3.8) is 0 Å². The summed E-state index contributed by atoms with van der Waals surface area (Å²) < 4.78 is 0. The van der Waals surface area contributed by atoms with Gasteiger partial charge in [-0.15, -0.1) is 0 Å². The van der Waals surface area contributed by atoms with Gasteiger partial charge in [0.05, 0.1) is 0 Å². The van der Waals surface area contributed by atoms with Crippen molar-refractivity contribution < 1.29 is 4.79 Å². The lowest BCUT2D eigenvalue weighted by Crippen LogP contribution is -2.47. The van der Waals surface area contributed by atoms with Crippen molar-refractivity contribution in [3.8, 4) is 0 Å². The molecule has 2 saturated heterocycles. The summed E-state index contributed by atoms with van der Waals surface area (Å²) in [7, 11) is 0. The number of nitrogens with zero attached hydrogens (tertiary/aromatic N) is 1. The second-order valence-corrected chi connectivity index (χ2v) is 3.84. The van der Waals surface area contributed by atoms with E-state index in [1.54, 1.807) is 6.92 Å². The average Bonchev–Trinajstić information content (AvgIpc) is 2.49. The third-order valence-corrected chi connectivity index (χ3v) is 3.08. The summed E-state index contributed by atoms with van der Waals surface area (Å²) in [4.78, 5) is 13.3. The number of nitrogens with one attached hydrogen (secondary N) is 1. The number of likely N-dealkylation sites (tertiary alicyclic amines) is 1. The minimum Gasteiger partial charge on any atom is -0.338 e. The van der Waals surface area contributed by atoms with E-state index in [-0.39, 0.29) is 5.91 Å². The zero-order valence-electron chi connectivity index (χ0n) is 7.55. The van der Waals surface area contributed by atoms with Gasteiger partial charge in [-0.05, 0) is 18.8 Å². The molecule has 3 nitrogen and oxygen atoms in total. The minimum absolute atomic E-state index is 0.244. The smallest absolute Gasteiger partial charge is 0.219 e. The number of rotatable bonds is 0. The summed E-state index contributed by atoms with van der Waals surface area (Å²) in [5.41, 5.74) is 0. The molecule has 1 amide bonds. The van der Waals surface area contributed by atoms with Crippen LogP contribution >= 0.6 is 0 Å². The Kier molecular flexibility index (Phi) is 2.05. The Labute approximate surface area is 73.1 Å². The molecule has 0 spiro atoms. The van der Waals surface area contributed by atoms with Crippen LogP contribution in [-0.2, 0) is 4.79 Å². The van der Waals surface area contributed by atoms with E-state index in [1.165, 1.54) is 12.8 Å². The van der Waals surface area contributed by atoms with Crippen LogP contribution in [-0.4, -0.2) is 36.5 Å². The number of piperidine rings is 1. The molecule has 3 heteroatoms. The summed E-state index contributed by atoms with van der Waals surface area (Å²) in [5.74, 6) is 0.969. The Morgan fingerprint density at radius 3 is 3.08 bits per heavy atom. The van der Waals surface area contributed by atoms with Crippen LogP contribution < -0.4 is 5.32 Å². The van der Waals surface area contributed by atoms with Gasteiger partial charge in [0.1, 0.15) is 0 Å². The van der Waals surface area contributed by atoms with Crippen molar-refractivity contribution in [2.24, 2.45) is 5.92 Å². The second-order valence-electron chi connectivity index (χ2n) is 3.84. The van der Waals surface area contributed by atoms with E-state index in [0.29, 0.717) is 6.04 Å². The molecule has 12 heavy (non-hydrogen) atoms. The van der Waals surface area contributed by atoms with Gasteiger partial charge in [0.2, 0.25) is 5.91 Å². The maximum absolute atomic E-state index is 11.2. The third kappa shape index (κ3) is 1.22. The molecule has 0 aromatic rings. The molecule has 68 valence electrons. The van der Waals surface area contributed by atoms with Gasteiger partial charge in [0.15, 0.2) is 0 Å². The summed E-state index contributed by atoms with van der Waals surface area (Å²) in [5, 5.41) is 3.36. The Morgan fingerprint density at radius 2 is 2.33 bits per heavy atom. The van der Waals surface area contributed by atoms with Crippen LogP contribution in [0.2, 0.25) is 0 Å². The largest absolute Gasteiger partial charge is 0.338 e. The number of carbonyl (C=O) groups is 1. The van der Waals surface area contributed by atoms with Gasteiger partial charge in [-0.1, -0.05) is 0 Å². The molecule has 2 aliphatic heterocycles. The molecule has 1 N–H and O–H groups in total. The first-order valence-corrected chi connectivity index (χ1v) is 4.77. The summed E-state index contributed by atoms with van der Waals surface area (Å²) in [6.07, 6.45) is 2.48. The number of fused-ring (bicyclic) bond motifs is 1. The highest BCUT2D eigenvalue weighted by Crippen LogP contribution is 2.26. The number of hydrogen-bond donors (Lipinski definition) is 1. The number of carbonyl (C=O) groups excluding carboxylic acids is 1. The van der Waals surface area contributed by atoms with Crippen molar-refractivity contribution in [1.29, 1.82) is 0 Å². The molecule has 0 saturated carbocycles. The maximum atomic E-state index is 11.2. The molecule has 2 aliphatic rings. The first-order valence-electron chi connectivity index (χ1n) is 4.77. The van der Waals surface area contributed by atoms with E-state index >= 15 is 0 Å². The van der Waals surface area contributed by atoms with E-state index in [0.717, 1.165) is 25.6 Å². The lowest BCUT2D eigenvalue weighted by atomic mass is 9.92. The summed E-state index contributed by atoms with van der Waals surface area (Å²) in [6.45, 7) is 4.76. The summed E-state index contributed by atoms with van der Waals surface area (Å²) in [6, 6.07) is 0.497. The standard InChI is InChI=1S/C9H16N2O/c1-7(12)11-4-2-3-8-5-10-6-9(8)11/h8-10H,2-6H2,1H3/t8-,9+/m1/s1. The zero-order chi connectivity index (χ0) is 8.55. The van der Waals surface area contributed by atoms with Gasteiger partial charge in [0, 0.05) is 32.6 Å². The third-order valence-electron chi connectivity index (χ3n) is 3.08. The molecular weight excluding hydrogens is 152 g/mol. The van der Waals surface area contributed by atoms with Gasteiger partial charge in [-0.3, -0.25) is 4.79 Å². The number of amides is 1. The topological polar surface area (TPSA) is 32.3 Å². The van der Waals surface area contributed by atoms with Crippen molar-refractivity contribution in [2.45, 2.75) is 25.8 Å². The molecule has 0 aromatic heterocycles. The van der Waals surface area contributed by atoms with Gasteiger partial charge in [0.25, 0.3) is 0 Å². The monoisotopic (exact) mass is 168 g/mol. The lowest BCUT2D eigenvalue weighted by Gasteiger charge is -2.36. The Morgan fingerprint density at radius 1 is 1.50 bits per heavy atom. The van der Waals surface area contributed by atoms with Crippen LogP contribution in [0.4, 0.5) is 0 Å². The van der Waals surface area contributed by atoms with Crippen molar-refractivity contribution in [1.82, 2.24) is 10.2 Å². The Hall–Kier alpha value is -0.570. The lowest BCUT2D eigenvalue weighted by molar-refractivity contribution is -0.132. The summed E-state index contributed by atoms with van der Waals surface area (Å²) >= 11 is 0. The van der Waals surface area contributed by atoms with E-state index in [4.69, 9.17) is 0 Å². The van der Waals surface area contributed by atoms with Gasteiger partial charge in [-0.25, -0.2) is 0 Å². The molecule has 2 fully saturated rings. The van der Waals surface area contributed by atoms with Crippen molar-refractivity contribution in [2.75, 3.05) is 19.6 Å². The van der Waals surface area contributed by atoms with E-state index in [1.807, 2.05) is 4.90 Å².